The van der Waals surface area contributed by atoms with Crippen LogP contribution in [0.4, 0.5) is 26.3 Å². The van der Waals surface area contributed by atoms with Crippen molar-refractivity contribution in [2.45, 2.75) is 69.8 Å². The minimum atomic E-state index is -4.87. The van der Waals surface area contributed by atoms with Crippen molar-refractivity contribution in [3.8, 4) is 0 Å². The van der Waals surface area contributed by atoms with Gasteiger partial charge in [0.15, 0.2) is 8.32 Å². The van der Waals surface area contributed by atoms with E-state index in [1.165, 1.54) is 0 Å². The Kier molecular flexibility index (Phi) is 6.62. The summed E-state index contributed by atoms with van der Waals surface area (Å²) in [5, 5.41) is 0. The summed E-state index contributed by atoms with van der Waals surface area (Å²) in [5.41, 5.74) is -3.90. The average Bonchev–Trinajstić information content (AvgIpc) is 2.99. The summed E-state index contributed by atoms with van der Waals surface area (Å²) in [6.45, 7) is 6.50. The molecule has 1 saturated heterocycles. The minimum Gasteiger partial charge on any atom is -0.395 e. The van der Waals surface area contributed by atoms with Gasteiger partial charge < -0.3 is 4.43 Å². The van der Waals surface area contributed by atoms with Gasteiger partial charge in [-0.25, -0.2) is 0 Å². The van der Waals surface area contributed by atoms with Crippen LogP contribution in [0.5, 0.6) is 0 Å². The zero-order valence-corrected chi connectivity index (χ0v) is 17.6. The molecule has 0 amide bonds. The maximum absolute atomic E-state index is 13.4. The van der Waals surface area contributed by atoms with Crippen molar-refractivity contribution in [2.75, 3.05) is 13.6 Å². The second-order valence-electron chi connectivity index (χ2n) is 7.45. The molecular formula is C19H27F6NOSi. The molecule has 1 unspecified atom stereocenters. The predicted molar refractivity (Wildman–Crippen MR) is 98.3 cm³/mol. The van der Waals surface area contributed by atoms with Gasteiger partial charge in [-0.3, -0.25) is 4.90 Å². The van der Waals surface area contributed by atoms with Gasteiger partial charge in [0.2, 0.25) is 0 Å². The van der Waals surface area contributed by atoms with E-state index in [4.69, 9.17) is 4.43 Å². The van der Waals surface area contributed by atoms with Crippen LogP contribution in [0.1, 0.15) is 50.3 Å². The second kappa shape index (κ2) is 7.99. The monoisotopic (exact) mass is 427 g/mol. The van der Waals surface area contributed by atoms with E-state index in [0.29, 0.717) is 19.4 Å². The van der Waals surface area contributed by atoms with E-state index < -0.39 is 37.5 Å². The Bertz CT molecular complexity index is 645. The van der Waals surface area contributed by atoms with E-state index in [-0.39, 0.29) is 11.6 Å². The van der Waals surface area contributed by atoms with Crippen LogP contribution in [0, 0.1) is 0 Å². The summed E-state index contributed by atoms with van der Waals surface area (Å²) in [7, 11) is -0.601. The molecule has 0 N–H and O–H groups in total. The summed E-state index contributed by atoms with van der Waals surface area (Å²) < 4.78 is 86.8. The van der Waals surface area contributed by atoms with E-state index in [0.717, 1.165) is 30.3 Å². The lowest BCUT2D eigenvalue weighted by atomic mass is 9.95. The van der Waals surface area contributed by atoms with Crippen LogP contribution in [-0.4, -0.2) is 26.8 Å². The largest absolute Gasteiger partial charge is 0.416 e. The van der Waals surface area contributed by atoms with Crippen molar-refractivity contribution in [3.05, 3.63) is 34.9 Å². The SMILES string of the molecule is CC[Si](CC)(CC)OC1(c2cc(C(F)(F)F)cc(C(F)(F)F)c2)CCCN1C. The third kappa shape index (κ3) is 4.41. The molecule has 2 rings (SSSR count). The lowest BCUT2D eigenvalue weighted by Crippen LogP contribution is -2.51. The first-order valence-electron chi connectivity index (χ1n) is 9.55. The number of halogens is 6. The molecule has 28 heavy (non-hydrogen) atoms. The molecule has 1 fully saturated rings. The Balaban J connectivity index is 2.71. The van der Waals surface area contributed by atoms with Gasteiger partial charge >= 0.3 is 12.4 Å². The van der Waals surface area contributed by atoms with Crippen LogP contribution in [-0.2, 0) is 22.5 Å². The number of hydrogen-bond donors (Lipinski definition) is 0. The number of alkyl halides is 6. The van der Waals surface area contributed by atoms with E-state index >= 15 is 0 Å². The molecule has 0 radical (unpaired) electrons. The zero-order chi connectivity index (χ0) is 21.4. The molecule has 0 saturated carbocycles. The minimum absolute atomic E-state index is 0.0538. The first-order valence-corrected chi connectivity index (χ1v) is 12.1. The van der Waals surface area contributed by atoms with Crippen LogP contribution < -0.4 is 0 Å². The van der Waals surface area contributed by atoms with Crippen LogP contribution in [0.2, 0.25) is 18.1 Å². The number of benzene rings is 1. The summed E-state index contributed by atoms with van der Waals surface area (Å²) in [4.78, 5) is 1.77. The van der Waals surface area contributed by atoms with Gasteiger partial charge in [0, 0.05) is 6.54 Å². The van der Waals surface area contributed by atoms with E-state index in [9.17, 15) is 26.3 Å². The van der Waals surface area contributed by atoms with Crippen molar-refractivity contribution in [1.29, 1.82) is 0 Å². The summed E-state index contributed by atoms with van der Waals surface area (Å²) in [5.74, 6) is 0. The van der Waals surface area contributed by atoms with Crippen molar-refractivity contribution < 1.29 is 30.8 Å². The second-order valence-corrected chi connectivity index (χ2v) is 12.1. The Morgan fingerprint density at radius 3 is 1.71 bits per heavy atom. The van der Waals surface area contributed by atoms with Gasteiger partial charge in [-0.2, -0.15) is 26.3 Å². The third-order valence-electron chi connectivity index (χ3n) is 5.98. The molecular weight excluding hydrogens is 400 g/mol. The predicted octanol–water partition coefficient (Wildman–Crippen LogP) is 6.62. The standard InChI is InChI=1S/C19H27F6NOSi/c1-5-28(6-2,7-3)27-17(9-8-10-26(17)4)14-11-15(18(20,21)22)13-16(12-14)19(23,24)25/h11-13H,5-10H2,1-4H3. The summed E-state index contributed by atoms with van der Waals surface area (Å²) in [6, 6.07) is 4.09. The maximum atomic E-state index is 13.4. The molecule has 9 heteroatoms. The van der Waals surface area contributed by atoms with Crippen molar-refractivity contribution in [1.82, 2.24) is 4.90 Å². The first kappa shape index (κ1) is 23.2. The van der Waals surface area contributed by atoms with Gasteiger partial charge in [-0.15, -0.1) is 0 Å². The Morgan fingerprint density at radius 2 is 1.39 bits per heavy atom. The molecule has 0 bridgehead atoms. The number of likely N-dealkylation sites (tertiary alicyclic amines) is 1. The zero-order valence-electron chi connectivity index (χ0n) is 16.6. The number of hydrogen-bond acceptors (Lipinski definition) is 2. The molecule has 2 nitrogen and oxygen atoms in total. The summed E-state index contributed by atoms with van der Waals surface area (Å²) >= 11 is 0. The highest BCUT2D eigenvalue weighted by Gasteiger charge is 2.49. The maximum Gasteiger partial charge on any atom is 0.416 e. The average molecular weight is 428 g/mol. The highest BCUT2D eigenvalue weighted by atomic mass is 28.4. The fraction of sp³-hybridized carbons (Fsp3) is 0.684. The quantitative estimate of drug-likeness (QED) is 0.373. The van der Waals surface area contributed by atoms with Gasteiger partial charge in [-0.1, -0.05) is 20.8 Å². The molecule has 1 aromatic carbocycles. The van der Waals surface area contributed by atoms with Crippen LogP contribution in [0.3, 0.4) is 0 Å². The number of rotatable bonds is 6. The van der Waals surface area contributed by atoms with Crippen LogP contribution in [0.25, 0.3) is 0 Å². The van der Waals surface area contributed by atoms with E-state index in [1.54, 1.807) is 11.9 Å². The van der Waals surface area contributed by atoms with E-state index in [1.807, 2.05) is 20.8 Å². The fourth-order valence-electron chi connectivity index (χ4n) is 3.99. The molecule has 1 aliphatic rings. The lowest BCUT2D eigenvalue weighted by Gasteiger charge is -2.45. The van der Waals surface area contributed by atoms with Crippen LogP contribution in [0.15, 0.2) is 18.2 Å². The third-order valence-corrected chi connectivity index (χ3v) is 10.6. The molecule has 0 spiro atoms. The topological polar surface area (TPSA) is 12.5 Å². The van der Waals surface area contributed by atoms with Crippen LogP contribution >= 0.6 is 0 Å². The highest BCUT2D eigenvalue weighted by molar-refractivity contribution is 6.73. The smallest absolute Gasteiger partial charge is 0.395 e. The highest BCUT2D eigenvalue weighted by Crippen LogP contribution is 2.46. The molecule has 1 aliphatic heterocycles. The van der Waals surface area contributed by atoms with Gasteiger partial charge in [0.05, 0.1) is 11.1 Å². The Labute approximate surface area is 163 Å². The normalized spacial score (nSPS) is 22.1. The molecule has 1 heterocycles. The molecule has 160 valence electrons. The Hall–Kier alpha value is -1.06. The first-order chi connectivity index (χ1) is 12.8. The van der Waals surface area contributed by atoms with Crippen molar-refractivity contribution in [2.24, 2.45) is 0 Å². The van der Waals surface area contributed by atoms with Gasteiger partial charge in [-0.05, 0) is 61.8 Å². The van der Waals surface area contributed by atoms with E-state index in [2.05, 4.69) is 0 Å². The summed E-state index contributed by atoms with van der Waals surface area (Å²) in [6.07, 6.45) is -8.72. The van der Waals surface area contributed by atoms with Gasteiger partial charge in [0.1, 0.15) is 5.72 Å². The Morgan fingerprint density at radius 1 is 0.929 bits per heavy atom. The number of nitrogens with zero attached hydrogens (tertiary/aromatic N) is 1. The molecule has 1 atom stereocenters. The molecule has 0 aliphatic carbocycles. The van der Waals surface area contributed by atoms with Gasteiger partial charge in [0.25, 0.3) is 0 Å². The molecule has 1 aromatic rings. The van der Waals surface area contributed by atoms with Crippen molar-refractivity contribution in [3.63, 3.8) is 0 Å². The fourth-order valence-corrected chi connectivity index (χ4v) is 7.01. The molecule has 0 aromatic heterocycles. The van der Waals surface area contributed by atoms with Crippen molar-refractivity contribution >= 4 is 8.32 Å². The lowest BCUT2D eigenvalue weighted by molar-refractivity contribution is -0.143.